The van der Waals surface area contributed by atoms with Crippen molar-refractivity contribution in [3.8, 4) is 0 Å². The molecule has 0 fully saturated rings. The first-order chi connectivity index (χ1) is 5.24. The minimum absolute atomic E-state index is 0. The largest absolute Gasteiger partial charge is 0.271 e. The highest BCUT2D eigenvalue weighted by atomic mass is 35.5. The predicted molar refractivity (Wildman–Crippen MR) is 56.9 cm³/mol. The van der Waals surface area contributed by atoms with E-state index >= 15 is 0 Å². The lowest BCUT2D eigenvalue weighted by atomic mass is 10.2. The Morgan fingerprint density at radius 1 is 1.38 bits per heavy atom. The second kappa shape index (κ2) is 7.35. The van der Waals surface area contributed by atoms with Crippen LogP contribution in [0.25, 0.3) is 0 Å². The van der Waals surface area contributed by atoms with E-state index in [0.717, 1.165) is 5.56 Å². The normalized spacial score (nSPS) is 8.54. The van der Waals surface area contributed by atoms with Crippen molar-refractivity contribution in [2.75, 3.05) is 0 Å². The summed E-state index contributed by atoms with van der Waals surface area (Å²) in [6, 6.07) is 4.20. The van der Waals surface area contributed by atoms with Crippen LogP contribution in [0, 0.1) is 5.82 Å². The topological polar surface area (TPSA) is 38.0 Å². The fraction of sp³-hybridized carbons (Fsp3) is 0.143. The van der Waals surface area contributed by atoms with Crippen LogP contribution in [-0.2, 0) is 6.54 Å². The van der Waals surface area contributed by atoms with Gasteiger partial charge in [-0.1, -0.05) is 17.7 Å². The van der Waals surface area contributed by atoms with Gasteiger partial charge >= 0.3 is 0 Å². The highest BCUT2D eigenvalue weighted by molar-refractivity contribution is 6.31. The van der Waals surface area contributed by atoms with Crippen LogP contribution in [0.1, 0.15) is 5.56 Å². The van der Waals surface area contributed by atoms with Crippen LogP contribution in [-0.4, -0.2) is 0 Å². The van der Waals surface area contributed by atoms with Gasteiger partial charge in [0.2, 0.25) is 0 Å². The molecule has 0 heterocycles. The van der Waals surface area contributed by atoms with Crippen molar-refractivity contribution in [1.29, 1.82) is 0 Å². The van der Waals surface area contributed by atoms with Crippen LogP contribution < -0.4 is 11.3 Å². The molecule has 0 unspecified atom stereocenters. The zero-order valence-electron chi connectivity index (χ0n) is 6.59. The summed E-state index contributed by atoms with van der Waals surface area (Å²) in [5.41, 5.74) is 3.22. The first-order valence-electron chi connectivity index (χ1n) is 3.11. The van der Waals surface area contributed by atoms with Crippen molar-refractivity contribution < 1.29 is 4.39 Å². The van der Waals surface area contributed by atoms with Gasteiger partial charge in [-0.3, -0.25) is 11.3 Å². The Hall–Kier alpha value is -0.0600. The first kappa shape index (κ1) is 15.4. The molecule has 0 amide bonds. The van der Waals surface area contributed by atoms with Crippen molar-refractivity contribution in [3.63, 3.8) is 0 Å². The van der Waals surface area contributed by atoms with Crippen LogP contribution in [0.5, 0.6) is 0 Å². The molecule has 1 aromatic carbocycles. The van der Waals surface area contributed by atoms with Crippen molar-refractivity contribution in [3.05, 3.63) is 34.6 Å². The molecule has 0 radical (unpaired) electrons. The molecule has 13 heavy (non-hydrogen) atoms. The number of nitrogens with two attached hydrogens (primary N) is 1. The van der Waals surface area contributed by atoms with Crippen molar-refractivity contribution in [2.24, 2.45) is 5.84 Å². The predicted octanol–water partition coefficient (Wildman–Crippen LogP) is 2.29. The molecule has 0 saturated heterocycles. The Morgan fingerprint density at radius 2 is 2.00 bits per heavy atom. The molecule has 0 bridgehead atoms. The Morgan fingerprint density at radius 3 is 2.46 bits per heavy atom. The van der Waals surface area contributed by atoms with Crippen molar-refractivity contribution in [1.82, 2.24) is 5.43 Å². The fourth-order valence-electron chi connectivity index (χ4n) is 0.775. The van der Waals surface area contributed by atoms with E-state index in [2.05, 4.69) is 5.43 Å². The van der Waals surface area contributed by atoms with Crippen LogP contribution in [0.15, 0.2) is 18.2 Å². The maximum Gasteiger partial charge on any atom is 0.124 e. The van der Waals surface area contributed by atoms with E-state index < -0.39 is 0 Å². The molecule has 0 atom stereocenters. The average molecular weight is 248 g/mol. The zero-order chi connectivity index (χ0) is 8.27. The van der Waals surface area contributed by atoms with Crippen molar-refractivity contribution >= 4 is 36.4 Å². The maximum atomic E-state index is 12.5. The molecule has 2 nitrogen and oxygen atoms in total. The van der Waals surface area contributed by atoms with Gasteiger partial charge in [0.05, 0.1) is 0 Å². The highest BCUT2D eigenvalue weighted by Gasteiger charge is 1.99. The van der Waals surface area contributed by atoms with E-state index in [0.29, 0.717) is 11.6 Å². The molecule has 0 aliphatic rings. The molecule has 0 spiro atoms. The standard InChI is InChI=1S/C7H8ClFN2.2ClH/c8-7-3-6(9)2-1-5(7)4-11-10;;/h1-3,11H,4,10H2;2*1H. The van der Waals surface area contributed by atoms with Crippen LogP contribution in [0.2, 0.25) is 5.02 Å². The molecule has 0 aliphatic carbocycles. The molecule has 0 saturated carbocycles. The molecule has 1 rings (SSSR count). The van der Waals surface area contributed by atoms with Gasteiger partial charge in [-0.25, -0.2) is 4.39 Å². The first-order valence-corrected chi connectivity index (χ1v) is 3.49. The molecule has 3 N–H and O–H groups in total. The van der Waals surface area contributed by atoms with Gasteiger partial charge in [0.25, 0.3) is 0 Å². The second-order valence-corrected chi connectivity index (χ2v) is 2.52. The number of hydrazine groups is 1. The summed E-state index contributed by atoms with van der Waals surface area (Å²) in [5, 5.41) is 0.392. The van der Waals surface area contributed by atoms with E-state index in [1.165, 1.54) is 12.1 Å². The third kappa shape index (κ3) is 4.64. The van der Waals surface area contributed by atoms with Gasteiger partial charge in [-0.2, -0.15) is 0 Å². The third-order valence-electron chi connectivity index (χ3n) is 1.31. The van der Waals surface area contributed by atoms with Gasteiger partial charge in [0, 0.05) is 11.6 Å². The molecular formula is C7H10Cl3FN2. The Kier molecular flexibility index (Phi) is 8.72. The average Bonchev–Trinajstić information content (AvgIpc) is 1.95. The highest BCUT2D eigenvalue weighted by Crippen LogP contribution is 2.16. The number of hydrogen-bond donors (Lipinski definition) is 2. The lowest BCUT2D eigenvalue weighted by Crippen LogP contribution is -2.20. The summed E-state index contributed by atoms with van der Waals surface area (Å²) in [6.07, 6.45) is 0. The zero-order valence-corrected chi connectivity index (χ0v) is 8.98. The van der Waals surface area contributed by atoms with Crippen LogP contribution >= 0.6 is 36.4 Å². The fourth-order valence-corrected chi connectivity index (χ4v) is 1.01. The lowest BCUT2D eigenvalue weighted by molar-refractivity contribution is 0.626. The van der Waals surface area contributed by atoms with E-state index in [9.17, 15) is 4.39 Å². The molecule has 0 aromatic heterocycles. The summed E-state index contributed by atoms with van der Waals surface area (Å²) in [5.74, 6) is 4.73. The number of hydrogen-bond acceptors (Lipinski definition) is 2. The third-order valence-corrected chi connectivity index (χ3v) is 1.66. The summed E-state index contributed by atoms with van der Waals surface area (Å²) in [6.45, 7) is 0.444. The SMILES string of the molecule is Cl.Cl.NNCc1ccc(F)cc1Cl. The van der Waals surface area contributed by atoms with Gasteiger partial charge in [-0.05, 0) is 17.7 Å². The Balaban J connectivity index is 0. The quantitative estimate of drug-likeness (QED) is 0.622. The van der Waals surface area contributed by atoms with Gasteiger partial charge in [-0.15, -0.1) is 24.8 Å². The van der Waals surface area contributed by atoms with Gasteiger partial charge < -0.3 is 0 Å². The summed E-state index contributed by atoms with van der Waals surface area (Å²) >= 11 is 5.67. The second-order valence-electron chi connectivity index (χ2n) is 2.12. The number of rotatable bonds is 2. The van der Waals surface area contributed by atoms with E-state index in [-0.39, 0.29) is 30.6 Å². The van der Waals surface area contributed by atoms with Crippen LogP contribution in [0.3, 0.4) is 0 Å². The minimum atomic E-state index is -0.337. The molecule has 6 heteroatoms. The minimum Gasteiger partial charge on any atom is -0.271 e. The van der Waals surface area contributed by atoms with E-state index in [1.54, 1.807) is 6.07 Å². The number of halogens is 4. The van der Waals surface area contributed by atoms with Crippen molar-refractivity contribution in [2.45, 2.75) is 6.54 Å². The number of nitrogens with one attached hydrogen (secondary N) is 1. The summed E-state index contributed by atoms with van der Waals surface area (Å²) in [4.78, 5) is 0. The van der Waals surface area contributed by atoms with Crippen LogP contribution in [0.4, 0.5) is 4.39 Å². The smallest absolute Gasteiger partial charge is 0.124 e. The van der Waals surface area contributed by atoms with E-state index in [1.807, 2.05) is 0 Å². The molecule has 1 aromatic rings. The lowest BCUT2D eigenvalue weighted by Gasteiger charge is -2.01. The number of benzene rings is 1. The summed E-state index contributed by atoms with van der Waals surface area (Å²) in [7, 11) is 0. The monoisotopic (exact) mass is 246 g/mol. The van der Waals surface area contributed by atoms with E-state index in [4.69, 9.17) is 17.4 Å². The maximum absolute atomic E-state index is 12.5. The molecular weight excluding hydrogens is 237 g/mol. The van der Waals surface area contributed by atoms with Gasteiger partial charge in [0.15, 0.2) is 0 Å². The summed E-state index contributed by atoms with van der Waals surface area (Å²) < 4.78 is 12.5. The molecule has 76 valence electrons. The molecule has 0 aliphatic heterocycles. The van der Waals surface area contributed by atoms with Gasteiger partial charge in [0.1, 0.15) is 5.82 Å². The Bertz CT molecular complexity index is 257. The Labute approximate surface area is 93.4 Å².